The van der Waals surface area contributed by atoms with Crippen molar-refractivity contribution in [1.29, 1.82) is 0 Å². The number of nitrogens with one attached hydrogen (secondary N) is 1. The zero-order valence-corrected chi connectivity index (χ0v) is 21.2. The zero-order chi connectivity index (χ0) is 25.4. The van der Waals surface area contributed by atoms with Crippen LogP contribution in [0, 0.1) is 6.92 Å². The maximum atomic E-state index is 13.5. The summed E-state index contributed by atoms with van der Waals surface area (Å²) in [6.07, 6.45) is 5.73. The van der Waals surface area contributed by atoms with Crippen LogP contribution in [0.25, 0.3) is 10.9 Å². The number of phenolic OH excluding ortho intramolecular Hbond substituents is 1. The maximum absolute atomic E-state index is 13.5. The van der Waals surface area contributed by atoms with Crippen LogP contribution in [-0.4, -0.2) is 61.4 Å². The molecule has 0 spiro atoms. The number of nitrogens with zero attached hydrogens (tertiary/aromatic N) is 6. The Morgan fingerprint density at radius 3 is 2.49 bits per heavy atom. The minimum absolute atomic E-state index is 0.0967. The fourth-order valence-corrected chi connectivity index (χ4v) is 5.91. The van der Waals surface area contributed by atoms with Crippen molar-refractivity contribution in [3.8, 4) is 5.75 Å². The molecule has 2 aromatic heterocycles. The lowest BCUT2D eigenvalue weighted by Crippen LogP contribution is -2.49. The zero-order valence-electron chi connectivity index (χ0n) is 21.2. The van der Waals surface area contributed by atoms with Gasteiger partial charge in [0.2, 0.25) is 0 Å². The maximum Gasteiger partial charge on any atom is 0.253 e. The Morgan fingerprint density at radius 1 is 0.973 bits per heavy atom. The normalized spacial score (nSPS) is 18.4. The van der Waals surface area contributed by atoms with Gasteiger partial charge < -0.3 is 15.0 Å². The molecule has 2 fully saturated rings. The van der Waals surface area contributed by atoms with Gasteiger partial charge in [-0.15, -0.1) is 5.10 Å². The summed E-state index contributed by atoms with van der Waals surface area (Å²) in [5, 5.41) is 23.8. The Morgan fingerprint density at radius 2 is 1.73 bits per heavy atom. The summed E-state index contributed by atoms with van der Waals surface area (Å²) in [4.78, 5) is 21.3. The van der Waals surface area contributed by atoms with Gasteiger partial charge in [0.1, 0.15) is 11.8 Å². The van der Waals surface area contributed by atoms with Crippen LogP contribution in [0.15, 0.2) is 53.3 Å². The number of fused-ring (bicyclic) bond motifs is 1. The number of rotatable bonds is 5. The summed E-state index contributed by atoms with van der Waals surface area (Å²) in [7, 11) is 0. The van der Waals surface area contributed by atoms with Gasteiger partial charge in [0.05, 0.1) is 6.04 Å². The second kappa shape index (κ2) is 9.97. The molecule has 1 atom stereocenters. The number of benzene rings is 2. The average molecular weight is 500 g/mol. The third-order valence-electron chi connectivity index (χ3n) is 7.90. The summed E-state index contributed by atoms with van der Waals surface area (Å²) in [6.45, 7) is 5.18. The van der Waals surface area contributed by atoms with Crippen molar-refractivity contribution in [2.75, 3.05) is 31.1 Å². The molecule has 0 bridgehead atoms. The molecule has 1 aliphatic carbocycles. The fraction of sp³-hybridized carbons (Fsp3) is 0.429. The molecule has 192 valence electrons. The number of aryl methyl sites for hydroxylation is 1. The lowest BCUT2D eigenvalue weighted by atomic mass is 9.95. The highest BCUT2D eigenvalue weighted by Crippen LogP contribution is 2.34. The first-order valence-corrected chi connectivity index (χ1v) is 13.3. The van der Waals surface area contributed by atoms with E-state index in [1.165, 1.54) is 19.3 Å². The van der Waals surface area contributed by atoms with Crippen LogP contribution >= 0.6 is 0 Å². The van der Waals surface area contributed by atoms with Gasteiger partial charge >= 0.3 is 0 Å². The molecule has 0 amide bonds. The minimum atomic E-state index is -0.340. The molecular weight excluding hydrogens is 466 g/mol. The third kappa shape index (κ3) is 4.71. The number of hydrogen-bond donors (Lipinski definition) is 2. The van der Waals surface area contributed by atoms with Crippen LogP contribution in [0.5, 0.6) is 5.75 Å². The molecule has 2 N–H and O–H groups in total. The lowest BCUT2D eigenvalue weighted by Gasteiger charge is -2.40. The number of aromatic nitrogens is 5. The van der Waals surface area contributed by atoms with Crippen LogP contribution in [0.3, 0.4) is 0 Å². The summed E-state index contributed by atoms with van der Waals surface area (Å²) >= 11 is 0. The largest absolute Gasteiger partial charge is 0.508 e. The molecule has 4 aromatic rings. The topological polar surface area (TPSA) is 103 Å². The van der Waals surface area contributed by atoms with E-state index >= 15 is 0 Å². The molecule has 0 unspecified atom stereocenters. The van der Waals surface area contributed by atoms with Crippen molar-refractivity contribution in [3.05, 3.63) is 75.8 Å². The standard InChI is InChI=1S/C28H33N7O2/c1-19-7-12-25-20(17-19)18-24(28(37)29-25)26(27-30-31-32-35(27)22-5-3-2-4-6-22)34-15-13-33(14-16-34)21-8-10-23(36)11-9-21/h7-12,17-18,22,26,36H,2-6,13-16H2,1H3,(H,29,37)/t26-/m0/s1. The molecule has 1 saturated heterocycles. The molecule has 37 heavy (non-hydrogen) atoms. The number of H-pyrrole nitrogens is 1. The molecule has 9 nitrogen and oxygen atoms in total. The van der Waals surface area contributed by atoms with Crippen molar-refractivity contribution in [2.24, 2.45) is 0 Å². The number of aromatic hydroxyl groups is 1. The van der Waals surface area contributed by atoms with Gasteiger partial charge in [-0.1, -0.05) is 30.9 Å². The second-order valence-corrected chi connectivity index (χ2v) is 10.4. The van der Waals surface area contributed by atoms with E-state index < -0.39 is 0 Å². The smallest absolute Gasteiger partial charge is 0.253 e. The minimum Gasteiger partial charge on any atom is -0.508 e. The SMILES string of the molecule is Cc1ccc2[nH]c(=O)c([C@@H](c3nnnn3C3CCCCC3)N3CCN(c4ccc(O)cc4)CC3)cc2c1. The number of anilines is 1. The molecule has 1 aliphatic heterocycles. The quantitative estimate of drug-likeness (QED) is 0.429. The van der Waals surface area contributed by atoms with E-state index in [0.717, 1.165) is 67.0 Å². The molecule has 3 heterocycles. The fourth-order valence-electron chi connectivity index (χ4n) is 5.91. The number of hydrogen-bond acceptors (Lipinski definition) is 7. The van der Waals surface area contributed by atoms with Crippen molar-refractivity contribution < 1.29 is 5.11 Å². The third-order valence-corrected chi connectivity index (χ3v) is 7.90. The summed E-state index contributed by atoms with van der Waals surface area (Å²) in [5.74, 6) is 1.02. The number of phenols is 1. The van der Waals surface area contributed by atoms with Crippen molar-refractivity contribution >= 4 is 16.6 Å². The van der Waals surface area contributed by atoms with Crippen LogP contribution in [0.4, 0.5) is 5.69 Å². The first kappa shape index (κ1) is 23.7. The van der Waals surface area contributed by atoms with Crippen molar-refractivity contribution in [2.45, 2.75) is 51.1 Å². The molecule has 9 heteroatoms. The summed E-state index contributed by atoms with van der Waals surface area (Å²) in [5.41, 5.74) is 3.65. The van der Waals surface area contributed by atoms with E-state index in [0.29, 0.717) is 5.56 Å². The van der Waals surface area contributed by atoms with E-state index in [1.54, 1.807) is 12.1 Å². The first-order chi connectivity index (χ1) is 18.1. The molecule has 0 radical (unpaired) electrons. The Kier molecular flexibility index (Phi) is 6.38. The number of aromatic amines is 1. The summed E-state index contributed by atoms with van der Waals surface area (Å²) < 4.78 is 2.00. The highest BCUT2D eigenvalue weighted by Gasteiger charge is 2.34. The second-order valence-electron chi connectivity index (χ2n) is 10.4. The average Bonchev–Trinajstić information content (AvgIpc) is 3.40. The molecule has 1 saturated carbocycles. The van der Waals surface area contributed by atoms with E-state index in [1.807, 2.05) is 35.0 Å². The Labute approximate surface area is 215 Å². The van der Waals surface area contributed by atoms with Crippen molar-refractivity contribution in [3.63, 3.8) is 0 Å². The van der Waals surface area contributed by atoms with Gasteiger partial charge in [-0.3, -0.25) is 9.69 Å². The number of piperazine rings is 1. The van der Waals surface area contributed by atoms with Gasteiger partial charge in [-0.25, -0.2) is 4.68 Å². The van der Waals surface area contributed by atoms with Crippen LogP contribution < -0.4 is 10.5 Å². The molecular formula is C28H33N7O2. The highest BCUT2D eigenvalue weighted by molar-refractivity contribution is 5.79. The van der Waals surface area contributed by atoms with Crippen LogP contribution in [0.1, 0.15) is 61.1 Å². The van der Waals surface area contributed by atoms with Gasteiger partial charge in [-0.2, -0.15) is 0 Å². The van der Waals surface area contributed by atoms with Gasteiger partial charge in [0.15, 0.2) is 5.82 Å². The van der Waals surface area contributed by atoms with Crippen LogP contribution in [-0.2, 0) is 0 Å². The monoisotopic (exact) mass is 499 g/mol. The predicted octanol–water partition coefficient (Wildman–Crippen LogP) is 3.95. The lowest BCUT2D eigenvalue weighted by molar-refractivity contribution is 0.192. The van der Waals surface area contributed by atoms with E-state index in [4.69, 9.17) is 0 Å². The van der Waals surface area contributed by atoms with Gasteiger partial charge in [0, 0.05) is 42.9 Å². The Bertz CT molecular complexity index is 1430. The Balaban J connectivity index is 1.38. The summed E-state index contributed by atoms with van der Waals surface area (Å²) in [6, 6.07) is 15.4. The number of pyridine rings is 1. The van der Waals surface area contributed by atoms with Crippen LogP contribution in [0.2, 0.25) is 0 Å². The van der Waals surface area contributed by atoms with E-state index in [2.05, 4.69) is 43.3 Å². The molecule has 6 rings (SSSR count). The first-order valence-electron chi connectivity index (χ1n) is 13.3. The molecule has 2 aromatic carbocycles. The Hall–Kier alpha value is -3.72. The van der Waals surface area contributed by atoms with E-state index in [9.17, 15) is 9.90 Å². The van der Waals surface area contributed by atoms with Gasteiger partial charge in [-0.05, 0) is 78.0 Å². The van der Waals surface area contributed by atoms with Crippen molar-refractivity contribution in [1.82, 2.24) is 30.1 Å². The number of tetrazole rings is 1. The van der Waals surface area contributed by atoms with Gasteiger partial charge in [0.25, 0.3) is 5.56 Å². The predicted molar refractivity (Wildman–Crippen MR) is 143 cm³/mol. The van der Waals surface area contributed by atoms with E-state index in [-0.39, 0.29) is 23.4 Å². The highest BCUT2D eigenvalue weighted by atomic mass is 16.3. The molecule has 2 aliphatic rings.